The van der Waals surface area contributed by atoms with Crippen molar-refractivity contribution in [3.8, 4) is 0 Å². The van der Waals surface area contributed by atoms with Gasteiger partial charge in [-0.15, -0.1) is 0 Å². The molecule has 2 N–H and O–H groups in total. The highest BCUT2D eigenvalue weighted by Crippen LogP contribution is 2.23. The molecular formula is C21H30N6O. The number of hydrogen-bond acceptors (Lipinski definition) is 7. The maximum absolute atomic E-state index is 5.38. The predicted octanol–water partition coefficient (Wildman–Crippen LogP) is 2.95. The molecule has 150 valence electrons. The number of anilines is 4. The molecule has 28 heavy (non-hydrogen) atoms. The Hall–Kier alpha value is -2.38. The van der Waals surface area contributed by atoms with Crippen molar-refractivity contribution in [1.29, 1.82) is 0 Å². The van der Waals surface area contributed by atoms with Crippen molar-refractivity contribution in [2.75, 3.05) is 68.0 Å². The van der Waals surface area contributed by atoms with E-state index in [1.807, 2.05) is 6.07 Å². The van der Waals surface area contributed by atoms with Crippen LogP contribution in [0.2, 0.25) is 0 Å². The summed E-state index contributed by atoms with van der Waals surface area (Å²) < 4.78 is 5.38. The molecule has 2 aromatic rings. The molecular weight excluding hydrogens is 352 g/mol. The summed E-state index contributed by atoms with van der Waals surface area (Å²) in [6.45, 7) is 7.78. The fourth-order valence-electron chi connectivity index (χ4n) is 3.72. The molecule has 1 aromatic heterocycles. The van der Waals surface area contributed by atoms with Gasteiger partial charge in [0.2, 0.25) is 5.95 Å². The number of benzene rings is 1. The maximum Gasteiger partial charge on any atom is 0.224 e. The molecule has 0 radical (unpaired) electrons. The fraction of sp³-hybridized carbons (Fsp3) is 0.524. The van der Waals surface area contributed by atoms with E-state index in [2.05, 4.69) is 54.7 Å². The van der Waals surface area contributed by atoms with Gasteiger partial charge in [-0.3, -0.25) is 4.90 Å². The molecule has 2 aliphatic heterocycles. The van der Waals surface area contributed by atoms with E-state index in [1.165, 1.54) is 24.9 Å². The maximum atomic E-state index is 5.38. The fourth-order valence-corrected chi connectivity index (χ4v) is 3.72. The molecule has 2 fully saturated rings. The zero-order valence-electron chi connectivity index (χ0n) is 16.4. The van der Waals surface area contributed by atoms with Crippen LogP contribution in [0, 0.1) is 0 Å². The molecule has 0 aliphatic carbocycles. The molecule has 2 saturated heterocycles. The van der Waals surface area contributed by atoms with Gasteiger partial charge in [0.15, 0.2) is 0 Å². The summed E-state index contributed by atoms with van der Waals surface area (Å²) in [7, 11) is 0. The largest absolute Gasteiger partial charge is 0.379 e. The van der Waals surface area contributed by atoms with Crippen LogP contribution in [0.15, 0.2) is 36.5 Å². The van der Waals surface area contributed by atoms with Crippen molar-refractivity contribution in [3.63, 3.8) is 0 Å². The lowest BCUT2D eigenvalue weighted by molar-refractivity contribution is 0.0398. The SMILES string of the molecule is c1cc(Nc2ccc(N3CCCCC3)cc2)nc(NCCN2CCOCC2)n1. The van der Waals surface area contributed by atoms with Crippen LogP contribution in [0.4, 0.5) is 23.1 Å². The Morgan fingerprint density at radius 1 is 0.929 bits per heavy atom. The van der Waals surface area contributed by atoms with Crippen molar-refractivity contribution in [2.45, 2.75) is 19.3 Å². The smallest absolute Gasteiger partial charge is 0.224 e. The van der Waals surface area contributed by atoms with E-state index in [9.17, 15) is 0 Å². The van der Waals surface area contributed by atoms with Gasteiger partial charge in [0.05, 0.1) is 13.2 Å². The van der Waals surface area contributed by atoms with Crippen LogP contribution in [0.25, 0.3) is 0 Å². The Kier molecular flexibility index (Phi) is 6.57. The first kappa shape index (κ1) is 19.0. The lowest BCUT2D eigenvalue weighted by atomic mass is 10.1. The number of hydrogen-bond donors (Lipinski definition) is 2. The topological polar surface area (TPSA) is 65.5 Å². The molecule has 0 saturated carbocycles. The second kappa shape index (κ2) is 9.71. The molecule has 0 bridgehead atoms. The minimum Gasteiger partial charge on any atom is -0.379 e. The standard InChI is InChI=1S/C21H30N6O/c1-2-11-27(12-3-1)19-6-4-18(5-7-19)24-20-8-9-22-21(25-20)23-10-13-26-14-16-28-17-15-26/h4-9H,1-3,10-17H2,(H2,22,23,24,25). The molecule has 0 amide bonds. The van der Waals surface area contributed by atoms with Crippen molar-refractivity contribution in [2.24, 2.45) is 0 Å². The highest BCUT2D eigenvalue weighted by Gasteiger charge is 2.11. The number of nitrogens with one attached hydrogen (secondary N) is 2. The zero-order valence-corrected chi connectivity index (χ0v) is 16.4. The van der Waals surface area contributed by atoms with E-state index in [-0.39, 0.29) is 0 Å². The lowest BCUT2D eigenvalue weighted by Crippen LogP contribution is -2.39. The quantitative estimate of drug-likeness (QED) is 0.763. The minimum atomic E-state index is 0.656. The Labute approximate surface area is 167 Å². The van der Waals surface area contributed by atoms with E-state index in [0.717, 1.165) is 64.0 Å². The number of morpholine rings is 1. The molecule has 7 heteroatoms. The highest BCUT2D eigenvalue weighted by molar-refractivity contribution is 5.61. The van der Waals surface area contributed by atoms with Crippen molar-refractivity contribution in [3.05, 3.63) is 36.5 Å². The summed E-state index contributed by atoms with van der Waals surface area (Å²) in [6, 6.07) is 10.5. The average molecular weight is 383 g/mol. The third kappa shape index (κ3) is 5.33. The zero-order chi connectivity index (χ0) is 19.0. The van der Waals surface area contributed by atoms with Gasteiger partial charge in [0.25, 0.3) is 0 Å². The van der Waals surface area contributed by atoms with E-state index in [1.54, 1.807) is 6.20 Å². The minimum absolute atomic E-state index is 0.656. The number of ether oxygens (including phenoxy) is 1. The third-order valence-corrected chi connectivity index (χ3v) is 5.33. The molecule has 1 aromatic carbocycles. The van der Waals surface area contributed by atoms with Crippen LogP contribution in [0.1, 0.15) is 19.3 Å². The van der Waals surface area contributed by atoms with E-state index < -0.39 is 0 Å². The Morgan fingerprint density at radius 3 is 2.50 bits per heavy atom. The van der Waals surface area contributed by atoms with Crippen molar-refractivity contribution < 1.29 is 4.74 Å². The highest BCUT2D eigenvalue weighted by atomic mass is 16.5. The summed E-state index contributed by atoms with van der Waals surface area (Å²) in [5, 5.41) is 6.70. The number of piperidine rings is 1. The normalized spacial score (nSPS) is 18.1. The first-order chi connectivity index (χ1) is 13.9. The molecule has 0 unspecified atom stereocenters. The molecule has 0 spiro atoms. The Morgan fingerprint density at radius 2 is 1.71 bits per heavy atom. The van der Waals surface area contributed by atoms with Gasteiger partial charge in [0, 0.05) is 56.8 Å². The van der Waals surface area contributed by atoms with Crippen molar-refractivity contribution in [1.82, 2.24) is 14.9 Å². The van der Waals surface area contributed by atoms with Gasteiger partial charge in [-0.1, -0.05) is 0 Å². The van der Waals surface area contributed by atoms with Crippen LogP contribution >= 0.6 is 0 Å². The van der Waals surface area contributed by atoms with Gasteiger partial charge in [-0.2, -0.15) is 4.98 Å². The second-order valence-corrected chi connectivity index (χ2v) is 7.37. The summed E-state index contributed by atoms with van der Waals surface area (Å²) in [5.74, 6) is 1.46. The van der Waals surface area contributed by atoms with Crippen LogP contribution in [0.5, 0.6) is 0 Å². The summed E-state index contributed by atoms with van der Waals surface area (Å²) in [6.07, 6.45) is 5.73. The van der Waals surface area contributed by atoms with Crippen LogP contribution in [0.3, 0.4) is 0 Å². The summed E-state index contributed by atoms with van der Waals surface area (Å²) >= 11 is 0. The molecule has 3 heterocycles. The van der Waals surface area contributed by atoms with Crippen molar-refractivity contribution >= 4 is 23.1 Å². The van der Waals surface area contributed by atoms with E-state index in [4.69, 9.17) is 4.74 Å². The number of aromatic nitrogens is 2. The van der Waals surface area contributed by atoms with Crippen LogP contribution < -0.4 is 15.5 Å². The monoisotopic (exact) mass is 382 g/mol. The molecule has 2 aliphatic rings. The van der Waals surface area contributed by atoms with Crippen LogP contribution in [-0.2, 0) is 4.74 Å². The Balaban J connectivity index is 1.29. The average Bonchev–Trinajstić information content (AvgIpc) is 2.76. The van der Waals surface area contributed by atoms with Gasteiger partial charge in [-0.05, 0) is 49.6 Å². The first-order valence-electron chi connectivity index (χ1n) is 10.4. The molecule has 0 atom stereocenters. The van der Waals surface area contributed by atoms with Gasteiger partial charge >= 0.3 is 0 Å². The van der Waals surface area contributed by atoms with E-state index in [0.29, 0.717) is 5.95 Å². The third-order valence-electron chi connectivity index (χ3n) is 5.33. The number of nitrogens with zero attached hydrogens (tertiary/aromatic N) is 4. The second-order valence-electron chi connectivity index (χ2n) is 7.37. The lowest BCUT2D eigenvalue weighted by Gasteiger charge is -2.28. The summed E-state index contributed by atoms with van der Waals surface area (Å²) in [5.41, 5.74) is 2.34. The van der Waals surface area contributed by atoms with Gasteiger partial charge in [-0.25, -0.2) is 4.98 Å². The van der Waals surface area contributed by atoms with E-state index >= 15 is 0 Å². The molecule has 7 nitrogen and oxygen atoms in total. The summed E-state index contributed by atoms with van der Waals surface area (Å²) in [4.78, 5) is 13.8. The van der Waals surface area contributed by atoms with Gasteiger partial charge < -0.3 is 20.3 Å². The molecule has 4 rings (SSSR count). The first-order valence-corrected chi connectivity index (χ1v) is 10.4. The van der Waals surface area contributed by atoms with Crippen LogP contribution in [-0.4, -0.2) is 67.4 Å². The van der Waals surface area contributed by atoms with Gasteiger partial charge in [0.1, 0.15) is 5.82 Å². The predicted molar refractivity (Wildman–Crippen MR) is 114 cm³/mol. The number of rotatable bonds is 7. The Bertz CT molecular complexity index is 726.